The van der Waals surface area contributed by atoms with Gasteiger partial charge in [0.1, 0.15) is 12.4 Å². The number of nitrogens with one attached hydrogen (secondary N) is 1. The van der Waals surface area contributed by atoms with Gasteiger partial charge in [0.25, 0.3) is 0 Å². The zero-order chi connectivity index (χ0) is 22.1. The molecule has 31 heavy (non-hydrogen) atoms. The van der Waals surface area contributed by atoms with Crippen LogP contribution in [0.3, 0.4) is 0 Å². The van der Waals surface area contributed by atoms with Crippen molar-refractivity contribution in [3.8, 4) is 5.75 Å². The molecule has 1 saturated carbocycles. The quantitative estimate of drug-likeness (QED) is 0.493. The number of rotatable bonds is 12. The summed E-state index contributed by atoms with van der Waals surface area (Å²) in [6, 6.07) is 10.0. The van der Waals surface area contributed by atoms with Crippen LogP contribution in [0.25, 0.3) is 0 Å². The van der Waals surface area contributed by atoms with E-state index in [1.807, 2.05) is 36.5 Å². The first kappa shape index (κ1) is 23.4. The summed E-state index contributed by atoms with van der Waals surface area (Å²) in [5, 5.41) is 7.70. The maximum Gasteiger partial charge on any atom is 0.119 e. The summed E-state index contributed by atoms with van der Waals surface area (Å²) in [5.41, 5.74) is 3.98. The number of allylic oxidation sites excluding steroid dienone is 1. The standard InChI is InChI=1S/C26H40N4O/c1-5-6-16-29(3)20-24-19-27-28-26(24)23-14-12-22(13-15-23)21(2)30(4)17-18-31-25-10-8-7-9-11-25/h7-11,19,22-23H,2,5-6,12-18,20H2,1,3-4H3,(H,27,28). The zero-order valence-corrected chi connectivity index (χ0v) is 19.6. The fourth-order valence-corrected chi connectivity index (χ4v) is 4.59. The van der Waals surface area contributed by atoms with E-state index in [2.05, 4.69) is 47.6 Å². The predicted octanol–water partition coefficient (Wildman–Crippen LogP) is 5.44. The number of para-hydroxylation sites is 1. The second-order valence-electron chi connectivity index (χ2n) is 9.02. The number of ether oxygens (including phenoxy) is 1. The Morgan fingerprint density at radius 3 is 2.58 bits per heavy atom. The molecule has 1 aromatic carbocycles. The molecule has 1 heterocycles. The minimum absolute atomic E-state index is 0.566. The summed E-state index contributed by atoms with van der Waals surface area (Å²) in [7, 11) is 4.35. The lowest BCUT2D eigenvalue weighted by molar-refractivity contribution is 0.235. The molecule has 3 rings (SSSR count). The van der Waals surface area contributed by atoms with Crippen LogP contribution in [0.15, 0.2) is 48.8 Å². The van der Waals surface area contributed by atoms with E-state index in [-0.39, 0.29) is 0 Å². The van der Waals surface area contributed by atoms with Crippen LogP contribution in [0.1, 0.15) is 62.6 Å². The molecule has 5 heteroatoms. The van der Waals surface area contributed by atoms with Crippen molar-refractivity contribution < 1.29 is 4.74 Å². The van der Waals surface area contributed by atoms with Gasteiger partial charge in [-0.15, -0.1) is 0 Å². The summed E-state index contributed by atoms with van der Waals surface area (Å²) in [6.07, 6.45) is 9.31. The fourth-order valence-electron chi connectivity index (χ4n) is 4.59. The molecular weight excluding hydrogens is 384 g/mol. The van der Waals surface area contributed by atoms with Crippen molar-refractivity contribution in [3.05, 3.63) is 60.1 Å². The predicted molar refractivity (Wildman–Crippen MR) is 128 cm³/mol. The second-order valence-corrected chi connectivity index (χ2v) is 9.02. The fraction of sp³-hybridized carbons (Fsp3) is 0.577. The molecule has 0 amide bonds. The average Bonchev–Trinajstić information content (AvgIpc) is 3.26. The van der Waals surface area contributed by atoms with Crippen LogP contribution in [-0.2, 0) is 6.54 Å². The van der Waals surface area contributed by atoms with Gasteiger partial charge in [0.2, 0.25) is 0 Å². The Bertz CT molecular complexity index is 780. The Morgan fingerprint density at radius 2 is 1.87 bits per heavy atom. The molecule has 1 N–H and O–H groups in total. The Hall–Kier alpha value is -2.27. The van der Waals surface area contributed by atoms with Crippen molar-refractivity contribution in [2.45, 2.75) is 57.9 Å². The van der Waals surface area contributed by atoms with E-state index in [0.29, 0.717) is 18.4 Å². The zero-order valence-electron chi connectivity index (χ0n) is 19.6. The van der Waals surface area contributed by atoms with E-state index in [0.717, 1.165) is 25.4 Å². The van der Waals surface area contributed by atoms with E-state index in [1.165, 1.54) is 55.5 Å². The first-order valence-corrected chi connectivity index (χ1v) is 11.9. The molecule has 170 valence electrons. The van der Waals surface area contributed by atoms with Gasteiger partial charge in [0, 0.05) is 36.5 Å². The van der Waals surface area contributed by atoms with Gasteiger partial charge in [0.05, 0.1) is 12.7 Å². The van der Waals surface area contributed by atoms with E-state index in [4.69, 9.17) is 4.74 Å². The molecule has 5 nitrogen and oxygen atoms in total. The highest BCUT2D eigenvalue weighted by atomic mass is 16.5. The van der Waals surface area contributed by atoms with E-state index in [1.54, 1.807) is 0 Å². The van der Waals surface area contributed by atoms with Gasteiger partial charge in [-0.1, -0.05) is 38.1 Å². The van der Waals surface area contributed by atoms with Gasteiger partial charge in [-0.2, -0.15) is 5.10 Å². The molecule has 1 aromatic heterocycles. The summed E-state index contributed by atoms with van der Waals surface area (Å²) >= 11 is 0. The van der Waals surface area contributed by atoms with Gasteiger partial charge in [0.15, 0.2) is 0 Å². The lowest BCUT2D eigenvalue weighted by Crippen LogP contribution is -2.29. The molecule has 0 unspecified atom stereocenters. The maximum atomic E-state index is 5.85. The molecule has 0 atom stereocenters. The molecule has 0 saturated heterocycles. The minimum atomic E-state index is 0.566. The highest BCUT2D eigenvalue weighted by Crippen LogP contribution is 2.39. The second kappa shape index (κ2) is 11.9. The van der Waals surface area contributed by atoms with Crippen LogP contribution in [0.2, 0.25) is 0 Å². The van der Waals surface area contributed by atoms with Crippen molar-refractivity contribution in [2.75, 3.05) is 33.8 Å². The van der Waals surface area contributed by atoms with Gasteiger partial charge < -0.3 is 14.5 Å². The molecular formula is C26H40N4O. The van der Waals surface area contributed by atoms with Gasteiger partial charge >= 0.3 is 0 Å². The van der Waals surface area contributed by atoms with Crippen molar-refractivity contribution >= 4 is 0 Å². The molecule has 1 aliphatic carbocycles. The van der Waals surface area contributed by atoms with E-state index in [9.17, 15) is 0 Å². The first-order chi connectivity index (χ1) is 15.1. The lowest BCUT2D eigenvalue weighted by atomic mass is 9.78. The molecule has 0 aliphatic heterocycles. The van der Waals surface area contributed by atoms with E-state index < -0.39 is 0 Å². The minimum Gasteiger partial charge on any atom is -0.492 e. The highest BCUT2D eigenvalue weighted by Gasteiger charge is 2.27. The number of hydrogen-bond acceptors (Lipinski definition) is 4. The van der Waals surface area contributed by atoms with Crippen LogP contribution in [0.5, 0.6) is 5.75 Å². The number of unbranched alkanes of at least 4 members (excludes halogenated alkanes) is 1. The molecule has 1 aliphatic rings. The summed E-state index contributed by atoms with van der Waals surface area (Å²) in [6.45, 7) is 10.3. The summed E-state index contributed by atoms with van der Waals surface area (Å²) in [5.74, 6) is 2.09. The third-order valence-corrected chi connectivity index (χ3v) is 6.62. The molecule has 0 radical (unpaired) electrons. The van der Waals surface area contributed by atoms with Crippen LogP contribution < -0.4 is 4.74 Å². The Kier molecular flexibility index (Phi) is 9.01. The number of nitrogens with zero attached hydrogens (tertiary/aromatic N) is 3. The third kappa shape index (κ3) is 6.86. The number of aromatic nitrogens is 2. The number of likely N-dealkylation sites (N-methyl/N-ethyl adjacent to an activating group) is 1. The molecule has 2 aromatic rings. The Balaban J connectivity index is 1.44. The van der Waals surface area contributed by atoms with Crippen LogP contribution in [0, 0.1) is 5.92 Å². The highest BCUT2D eigenvalue weighted by molar-refractivity contribution is 5.22. The monoisotopic (exact) mass is 424 g/mol. The largest absolute Gasteiger partial charge is 0.492 e. The molecule has 0 spiro atoms. The number of hydrogen-bond donors (Lipinski definition) is 1. The number of benzene rings is 1. The Labute approximate surface area is 188 Å². The first-order valence-electron chi connectivity index (χ1n) is 11.9. The lowest BCUT2D eigenvalue weighted by Gasteiger charge is -2.34. The maximum absolute atomic E-state index is 5.85. The smallest absolute Gasteiger partial charge is 0.119 e. The van der Waals surface area contributed by atoms with Gasteiger partial charge in [-0.3, -0.25) is 5.10 Å². The number of aromatic amines is 1. The van der Waals surface area contributed by atoms with Crippen LogP contribution in [0.4, 0.5) is 0 Å². The van der Waals surface area contributed by atoms with Crippen molar-refractivity contribution in [2.24, 2.45) is 5.92 Å². The SMILES string of the molecule is C=C(C1CCC(c2[nH]ncc2CN(C)CCCC)CC1)N(C)CCOc1ccccc1. The van der Waals surface area contributed by atoms with Crippen LogP contribution in [-0.4, -0.2) is 53.8 Å². The third-order valence-electron chi connectivity index (χ3n) is 6.62. The van der Waals surface area contributed by atoms with Gasteiger partial charge in [-0.25, -0.2) is 0 Å². The molecule has 0 bridgehead atoms. The topological polar surface area (TPSA) is 44.4 Å². The van der Waals surface area contributed by atoms with Crippen molar-refractivity contribution in [1.29, 1.82) is 0 Å². The normalized spacial score (nSPS) is 18.8. The molecule has 1 fully saturated rings. The summed E-state index contributed by atoms with van der Waals surface area (Å²) in [4.78, 5) is 4.69. The summed E-state index contributed by atoms with van der Waals surface area (Å²) < 4.78 is 5.85. The number of H-pyrrole nitrogens is 1. The van der Waals surface area contributed by atoms with Crippen LogP contribution >= 0.6 is 0 Å². The Morgan fingerprint density at radius 1 is 1.13 bits per heavy atom. The van der Waals surface area contributed by atoms with Gasteiger partial charge in [-0.05, 0) is 63.7 Å². The van der Waals surface area contributed by atoms with E-state index >= 15 is 0 Å². The average molecular weight is 425 g/mol. The van der Waals surface area contributed by atoms with Crippen molar-refractivity contribution in [3.63, 3.8) is 0 Å². The van der Waals surface area contributed by atoms with Crippen molar-refractivity contribution in [1.82, 2.24) is 20.0 Å².